The van der Waals surface area contributed by atoms with Crippen LogP contribution in [0.15, 0.2) is 60.2 Å². The molecule has 152 valence electrons. The highest BCUT2D eigenvalue weighted by atomic mass is 16.5. The van der Waals surface area contributed by atoms with Crippen LogP contribution in [0, 0.1) is 23.7 Å². The van der Waals surface area contributed by atoms with Crippen molar-refractivity contribution >= 4 is 29.1 Å². The number of carbonyl (C=O) groups is 3. The summed E-state index contributed by atoms with van der Waals surface area (Å²) in [6, 6.07) is 13.8. The number of imide groups is 1. The molecule has 2 aromatic carbocycles. The number of hydrogen-bond donors (Lipinski definition) is 1. The Hall–Kier alpha value is -3.41. The van der Waals surface area contributed by atoms with Gasteiger partial charge >= 0.3 is 0 Å². The van der Waals surface area contributed by atoms with Crippen LogP contribution in [0.3, 0.4) is 0 Å². The number of benzene rings is 2. The summed E-state index contributed by atoms with van der Waals surface area (Å²) in [6.45, 7) is 2.04. The second-order valence-corrected chi connectivity index (χ2v) is 8.18. The van der Waals surface area contributed by atoms with Gasteiger partial charge in [0.2, 0.25) is 11.8 Å². The Morgan fingerprint density at radius 1 is 1.07 bits per heavy atom. The van der Waals surface area contributed by atoms with Gasteiger partial charge in [-0.1, -0.05) is 29.8 Å². The number of anilines is 2. The number of rotatable bonds is 4. The molecule has 2 fully saturated rings. The summed E-state index contributed by atoms with van der Waals surface area (Å²) in [6.07, 6.45) is 3.02. The van der Waals surface area contributed by atoms with Crippen LogP contribution >= 0.6 is 0 Å². The molecule has 0 unspecified atom stereocenters. The monoisotopic (exact) mass is 402 g/mol. The molecule has 5 rings (SSSR count). The van der Waals surface area contributed by atoms with Crippen molar-refractivity contribution < 1.29 is 19.1 Å². The second-order valence-electron chi connectivity index (χ2n) is 8.18. The maximum atomic E-state index is 13.3. The minimum absolute atomic E-state index is 0.124. The summed E-state index contributed by atoms with van der Waals surface area (Å²) < 4.78 is 5.20. The number of fused-ring (bicyclic) bond motifs is 5. The largest absolute Gasteiger partial charge is 0.497 e. The van der Waals surface area contributed by atoms with Gasteiger partial charge in [0.15, 0.2) is 0 Å². The molecule has 30 heavy (non-hydrogen) atoms. The number of ether oxygens (including phenoxy) is 1. The molecule has 6 nitrogen and oxygen atoms in total. The molecule has 3 amide bonds. The molecule has 2 aromatic rings. The van der Waals surface area contributed by atoms with Gasteiger partial charge in [-0.05, 0) is 49.4 Å². The van der Waals surface area contributed by atoms with E-state index in [-0.39, 0.29) is 41.4 Å². The van der Waals surface area contributed by atoms with Crippen LogP contribution in [0.2, 0.25) is 0 Å². The summed E-state index contributed by atoms with van der Waals surface area (Å²) in [4.78, 5) is 40.8. The van der Waals surface area contributed by atoms with Crippen LogP contribution in [0.4, 0.5) is 11.4 Å². The van der Waals surface area contributed by atoms with Crippen molar-refractivity contribution in [1.82, 2.24) is 0 Å². The molecule has 2 aliphatic carbocycles. The molecule has 3 aliphatic rings. The summed E-state index contributed by atoms with van der Waals surface area (Å²) in [5, 5.41) is 2.84. The Labute approximate surface area is 174 Å². The first-order valence-electron chi connectivity index (χ1n) is 10.1. The molecule has 4 atom stereocenters. The number of methoxy groups -OCH3 is 1. The second kappa shape index (κ2) is 6.83. The lowest BCUT2D eigenvalue weighted by Crippen LogP contribution is -2.34. The zero-order chi connectivity index (χ0) is 21.0. The number of nitrogens with one attached hydrogen (secondary N) is 1. The van der Waals surface area contributed by atoms with Gasteiger partial charge < -0.3 is 10.1 Å². The van der Waals surface area contributed by atoms with Crippen LogP contribution in [-0.4, -0.2) is 24.8 Å². The zero-order valence-corrected chi connectivity index (χ0v) is 16.8. The number of para-hydroxylation sites is 1. The number of hydrogen-bond acceptors (Lipinski definition) is 4. The first-order chi connectivity index (χ1) is 14.5. The van der Waals surface area contributed by atoms with E-state index in [4.69, 9.17) is 4.74 Å². The summed E-state index contributed by atoms with van der Waals surface area (Å²) >= 11 is 0. The summed E-state index contributed by atoms with van der Waals surface area (Å²) in [7, 11) is 1.56. The van der Waals surface area contributed by atoms with E-state index in [9.17, 15) is 14.4 Å². The standard InChI is InChI=1S/C24H22N2O4/c1-13-10-14-11-18(13)21-20(14)23(28)26(24(21)29)19-9-4-3-8-17(19)22(27)25-15-6-5-7-16(12-15)30-2/h3-10,12,14,18,20-21H,11H2,1-2H3,(H,25,27)/t14-,18+,20+,21+/m0/s1. The smallest absolute Gasteiger partial charge is 0.257 e. The summed E-state index contributed by atoms with van der Waals surface area (Å²) in [5.74, 6) is -0.485. The molecular weight excluding hydrogens is 380 g/mol. The average molecular weight is 402 g/mol. The van der Waals surface area contributed by atoms with Gasteiger partial charge in [-0.25, -0.2) is 4.90 Å². The van der Waals surface area contributed by atoms with Crippen molar-refractivity contribution in [2.24, 2.45) is 23.7 Å². The molecule has 0 aromatic heterocycles. The normalized spacial score (nSPS) is 26.6. The van der Waals surface area contributed by atoms with Crippen molar-refractivity contribution in [3.63, 3.8) is 0 Å². The highest BCUT2D eigenvalue weighted by molar-refractivity contribution is 6.25. The molecule has 1 heterocycles. The van der Waals surface area contributed by atoms with Crippen LogP contribution < -0.4 is 15.0 Å². The Morgan fingerprint density at radius 3 is 2.63 bits per heavy atom. The summed E-state index contributed by atoms with van der Waals surface area (Å²) in [5.41, 5.74) is 2.41. The van der Waals surface area contributed by atoms with E-state index >= 15 is 0 Å². The minimum atomic E-state index is -0.381. The lowest BCUT2D eigenvalue weighted by molar-refractivity contribution is -0.123. The van der Waals surface area contributed by atoms with E-state index in [1.807, 2.05) is 6.92 Å². The minimum Gasteiger partial charge on any atom is -0.497 e. The van der Waals surface area contributed by atoms with Crippen LogP contribution in [-0.2, 0) is 9.59 Å². The van der Waals surface area contributed by atoms with Crippen molar-refractivity contribution in [2.45, 2.75) is 13.3 Å². The van der Waals surface area contributed by atoms with Crippen molar-refractivity contribution in [3.8, 4) is 5.75 Å². The first kappa shape index (κ1) is 18.6. The van der Waals surface area contributed by atoms with Gasteiger partial charge in [-0.15, -0.1) is 0 Å². The van der Waals surface area contributed by atoms with Crippen LogP contribution in [0.1, 0.15) is 23.7 Å². The molecule has 0 spiro atoms. The lowest BCUT2D eigenvalue weighted by atomic mass is 9.82. The quantitative estimate of drug-likeness (QED) is 0.626. The molecule has 0 radical (unpaired) electrons. The fourth-order valence-electron chi connectivity index (χ4n) is 5.27. The third-order valence-electron chi connectivity index (χ3n) is 6.60. The van der Waals surface area contributed by atoms with Crippen LogP contribution in [0.5, 0.6) is 5.75 Å². The number of nitrogens with zero attached hydrogens (tertiary/aromatic N) is 1. The molecule has 6 heteroatoms. The Bertz CT molecular complexity index is 1110. The third kappa shape index (κ3) is 2.67. The Morgan fingerprint density at radius 2 is 1.83 bits per heavy atom. The number of amides is 3. The molecule has 1 saturated carbocycles. The van der Waals surface area contributed by atoms with Gasteiger partial charge in [0.1, 0.15) is 5.75 Å². The Balaban J connectivity index is 1.46. The van der Waals surface area contributed by atoms with Gasteiger partial charge in [-0.2, -0.15) is 0 Å². The maximum Gasteiger partial charge on any atom is 0.257 e. The van der Waals surface area contributed by atoms with E-state index in [0.717, 1.165) is 6.42 Å². The lowest BCUT2D eigenvalue weighted by Gasteiger charge is -2.20. The van der Waals surface area contributed by atoms with Gasteiger partial charge in [-0.3, -0.25) is 14.4 Å². The van der Waals surface area contributed by atoms with Gasteiger partial charge in [0.25, 0.3) is 5.91 Å². The maximum absolute atomic E-state index is 13.3. The van der Waals surface area contributed by atoms with E-state index in [2.05, 4.69) is 11.4 Å². The highest BCUT2D eigenvalue weighted by Gasteiger charge is 2.61. The van der Waals surface area contributed by atoms with Crippen molar-refractivity contribution in [3.05, 3.63) is 65.7 Å². The van der Waals surface area contributed by atoms with Crippen molar-refractivity contribution in [1.29, 1.82) is 0 Å². The average Bonchev–Trinajstić information content (AvgIpc) is 3.38. The van der Waals surface area contributed by atoms with Crippen LogP contribution in [0.25, 0.3) is 0 Å². The topological polar surface area (TPSA) is 75.7 Å². The fraction of sp³-hybridized carbons (Fsp3) is 0.292. The fourth-order valence-corrected chi connectivity index (χ4v) is 5.27. The molecule has 1 aliphatic heterocycles. The van der Waals surface area contributed by atoms with Crippen molar-refractivity contribution in [2.75, 3.05) is 17.3 Å². The number of allylic oxidation sites excluding steroid dienone is 2. The van der Waals surface area contributed by atoms with Gasteiger partial charge in [0, 0.05) is 11.8 Å². The van der Waals surface area contributed by atoms with E-state index in [1.165, 1.54) is 10.5 Å². The van der Waals surface area contributed by atoms with E-state index in [1.54, 1.807) is 55.6 Å². The number of carbonyl (C=O) groups excluding carboxylic acids is 3. The predicted octanol–water partition coefficient (Wildman–Crippen LogP) is 3.65. The zero-order valence-electron chi connectivity index (χ0n) is 16.8. The van der Waals surface area contributed by atoms with Gasteiger partial charge in [0.05, 0.1) is 30.2 Å². The highest BCUT2D eigenvalue weighted by Crippen LogP contribution is 2.56. The molecule has 1 N–H and O–H groups in total. The SMILES string of the molecule is COc1cccc(NC(=O)c2ccccc2N2C(=O)[C@H]3[C@H](C2=O)[C@H]2C=C(C)[C@H]3C2)c1. The predicted molar refractivity (Wildman–Crippen MR) is 112 cm³/mol. The van der Waals surface area contributed by atoms with E-state index in [0.29, 0.717) is 22.7 Å². The first-order valence-corrected chi connectivity index (χ1v) is 10.1. The van der Waals surface area contributed by atoms with E-state index < -0.39 is 0 Å². The Kier molecular flexibility index (Phi) is 4.24. The molecule has 2 bridgehead atoms. The molecular formula is C24H22N2O4. The third-order valence-corrected chi connectivity index (χ3v) is 6.60. The molecule has 1 saturated heterocycles.